The van der Waals surface area contributed by atoms with Crippen LogP contribution in [0.15, 0.2) is 18.5 Å². The normalized spacial score (nSPS) is 19.9. The number of hydrogen-bond donors (Lipinski definition) is 2. The fraction of sp³-hybridized carbons (Fsp3) is 0.455. The smallest absolute Gasteiger partial charge is 0.253 e. The molecule has 2 N–H and O–H groups in total. The molecule has 1 aliphatic heterocycles. The first-order valence-corrected chi connectivity index (χ1v) is 5.37. The van der Waals surface area contributed by atoms with Crippen molar-refractivity contribution in [3.8, 4) is 5.75 Å². The molecule has 92 valence electrons. The molecule has 0 radical (unpaired) electrons. The number of carbonyl (C=O) groups excluding carboxylic acids is 1. The number of ether oxygens (including phenoxy) is 2. The van der Waals surface area contributed by atoms with Gasteiger partial charge in [-0.3, -0.25) is 9.78 Å². The largest absolute Gasteiger partial charge is 0.506 e. The van der Waals surface area contributed by atoms with Crippen molar-refractivity contribution >= 4 is 5.91 Å². The van der Waals surface area contributed by atoms with Crippen molar-refractivity contribution < 1.29 is 19.4 Å². The molecule has 1 aliphatic rings. The molecule has 0 saturated carbocycles. The van der Waals surface area contributed by atoms with E-state index >= 15 is 0 Å². The quantitative estimate of drug-likeness (QED) is 0.770. The Hall–Kier alpha value is -1.66. The zero-order valence-electron chi connectivity index (χ0n) is 9.26. The standard InChI is InChI=1S/C11H14N2O4/c14-9-3-8(4-12-5-9)11(15)13-6-10-7-16-1-2-17-10/h3-5,10,14H,1-2,6-7H2,(H,13,15). The fourth-order valence-corrected chi connectivity index (χ4v) is 1.52. The second kappa shape index (κ2) is 5.60. The van der Waals surface area contributed by atoms with Crippen LogP contribution in [0.3, 0.4) is 0 Å². The lowest BCUT2D eigenvalue weighted by molar-refractivity contribution is -0.0855. The van der Waals surface area contributed by atoms with Gasteiger partial charge in [0.15, 0.2) is 0 Å². The van der Waals surface area contributed by atoms with Gasteiger partial charge in [0.05, 0.1) is 37.7 Å². The molecule has 0 spiro atoms. The Morgan fingerprint density at radius 2 is 2.41 bits per heavy atom. The first-order valence-electron chi connectivity index (χ1n) is 5.37. The summed E-state index contributed by atoms with van der Waals surface area (Å²) < 4.78 is 10.6. The van der Waals surface area contributed by atoms with E-state index in [0.29, 0.717) is 31.9 Å². The van der Waals surface area contributed by atoms with Gasteiger partial charge < -0.3 is 19.9 Å². The van der Waals surface area contributed by atoms with Gasteiger partial charge in [-0.15, -0.1) is 0 Å². The van der Waals surface area contributed by atoms with Crippen LogP contribution in [0.1, 0.15) is 10.4 Å². The summed E-state index contributed by atoms with van der Waals surface area (Å²) >= 11 is 0. The predicted molar refractivity (Wildman–Crippen MR) is 58.8 cm³/mol. The lowest BCUT2D eigenvalue weighted by Gasteiger charge is -2.23. The SMILES string of the molecule is O=C(NCC1COCCO1)c1cncc(O)c1. The highest BCUT2D eigenvalue weighted by molar-refractivity contribution is 5.94. The van der Waals surface area contributed by atoms with Crippen LogP contribution in [0.4, 0.5) is 0 Å². The van der Waals surface area contributed by atoms with E-state index in [0.717, 1.165) is 0 Å². The van der Waals surface area contributed by atoms with E-state index in [-0.39, 0.29) is 17.8 Å². The summed E-state index contributed by atoms with van der Waals surface area (Å²) in [4.78, 5) is 15.4. The number of aromatic hydroxyl groups is 1. The fourth-order valence-electron chi connectivity index (χ4n) is 1.52. The van der Waals surface area contributed by atoms with E-state index in [1.165, 1.54) is 18.5 Å². The molecule has 0 bridgehead atoms. The highest BCUT2D eigenvalue weighted by Crippen LogP contribution is 2.08. The molecule has 1 amide bonds. The van der Waals surface area contributed by atoms with Crippen LogP contribution >= 0.6 is 0 Å². The minimum absolute atomic E-state index is 0.0325. The van der Waals surface area contributed by atoms with Gasteiger partial charge >= 0.3 is 0 Å². The van der Waals surface area contributed by atoms with Crippen molar-refractivity contribution in [2.75, 3.05) is 26.4 Å². The van der Waals surface area contributed by atoms with E-state index < -0.39 is 0 Å². The van der Waals surface area contributed by atoms with Gasteiger partial charge in [0.25, 0.3) is 5.91 Å². The molecule has 17 heavy (non-hydrogen) atoms. The Labute approximate surface area is 98.6 Å². The van der Waals surface area contributed by atoms with Crippen molar-refractivity contribution in [2.45, 2.75) is 6.10 Å². The average molecular weight is 238 g/mol. The summed E-state index contributed by atoms with van der Waals surface area (Å²) in [6.07, 6.45) is 2.56. The number of rotatable bonds is 3. The number of carbonyl (C=O) groups is 1. The van der Waals surface area contributed by atoms with Crippen LogP contribution in [0.25, 0.3) is 0 Å². The lowest BCUT2D eigenvalue weighted by atomic mass is 10.2. The first kappa shape index (κ1) is 11.8. The van der Waals surface area contributed by atoms with Crippen molar-refractivity contribution in [1.29, 1.82) is 0 Å². The molecular formula is C11H14N2O4. The topological polar surface area (TPSA) is 80.7 Å². The molecule has 1 saturated heterocycles. The molecule has 6 nitrogen and oxygen atoms in total. The van der Waals surface area contributed by atoms with Gasteiger partial charge in [-0.1, -0.05) is 0 Å². The molecular weight excluding hydrogens is 224 g/mol. The second-order valence-corrected chi connectivity index (χ2v) is 3.71. The first-order chi connectivity index (χ1) is 8.25. The summed E-state index contributed by atoms with van der Waals surface area (Å²) in [6, 6.07) is 1.36. The van der Waals surface area contributed by atoms with Gasteiger partial charge in [-0.05, 0) is 6.07 Å². The molecule has 6 heteroatoms. The van der Waals surface area contributed by atoms with Gasteiger partial charge in [-0.25, -0.2) is 0 Å². The Balaban J connectivity index is 1.84. The maximum Gasteiger partial charge on any atom is 0.253 e. The van der Waals surface area contributed by atoms with Crippen molar-refractivity contribution in [2.24, 2.45) is 0 Å². The molecule has 2 rings (SSSR count). The van der Waals surface area contributed by atoms with E-state index in [9.17, 15) is 9.90 Å². The zero-order chi connectivity index (χ0) is 12.1. The minimum atomic E-state index is -0.289. The van der Waals surface area contributed by atoms with E-state index in [2.05, 4.69) is 10.3 Å². The third kappa shape index (κ3) is 3.40. The minimum Gasteiger partial charge on any atom is -0.506 e. The van der Waals surface area contributed by atoms with Crippen molar-refractivity contribution in [3.63, 3.8) is 0 Å². The number of pyridine rings is 1. The Morgan fingerprint density at radius 3 is 3.12 bits per heavy atom. The predicted octanol–water partition coefficient (Wildman–Crippen LogP) is -0.0676. The summed E-state index contributed by atoms with van der Waals surface area (Å²) in [5.74, 6) is -0.322. The molecule has 2 heterocycles. The summed E-state index contributed by atoms with van der Waals surface area (Å²) in [5, 5.41) is 11.9. The lowest BCUT2D eigenvalue weighted by Crippen LogP contribution is -2.39. The highest BCUT2D eigenvalue weighted by atomic mass is 16.6. The van der Waals surface area contributed by atoms with E-state index in [4.69, 9.17) is 9.47 Å². The van der Waals surface area contributed by atoms with E-state index in [1.807, 2.05) is 0 Å². The maximum atomic E-state index is 11.7. The van der Waals surface area contributed by atoms with Crippen LogP contribution in [0.2, 0.25) is 0 Å². The molecule has 1 unspecified atom stereocenters. The van der Waals surface area contributed by atoms with Gasteiger partial charge in [0.1, 0.15) is 5.75 Å². The molecule has 1 aromatic rings. The van der Waals surface area contributed by atoms with Crippen molar-refractivity contribution in [1.82, 2.24) is 10.3 Å². The summed E-state index contributed by atoms with van der Waals surface area (Å²) in [7, 11) is 0. The van der Waals surface area contributed by atoms with Crippen LogP contribution in [0, 0.1) is 0 Å². The van der Waals surface area contributed by atoms with Crippen LogP contribution in [-0.4, -0.2) is 48.5 Å². The monoisotopic (exact) mass is 238 g/mol. The summed E-state index contributed by atoms with van der Waals surface area (Å²) in [6.45, 7) is 2.02. The van der Waals surface area contributed by atoms with Crippen LogP contribution in [-0.2, 0) is 9.47 Å². The molecule has 1 aromatic heterocycles. The number of amides is 1. The van der Waals surface area contributed by atoms with Gasteiger partial charge in [0.2, 0.25) is 0 Å². The summed E-state index contributed by atoms with van der Waals surface area (Å²) in [5.41, 5.74) is 0.321. The van der Waals surface area contributed by atoms with Crippen LogP contribution in [0.5, 0.6) is 5.75 Å². The molecule has 0 aliphatic carbocycles. The Morgan fingerprint density at radius 1 is 1.53 bits per heavy atom. The second-order valence-electron chi connectivity index (χ2n) is 3.71. The molecule has 1 atom stereocenters. The zero-order valence-corrected chi connectivity index (χ0v) is 9.26. The van der Waals surface area contributed by atoms with Gasteiger partial charge in [-0.2, -0.15) is 0 Å². The van der Waals surface area contributed by atoms with Crippen LogP contribution < -0.4 is 5.32 Å². The Kier molecular flexibility index (Phi) is 3.89. The number of nitrogens with zero attached hydrogens (tertiary/aromatic N) is 1. The van der Waals surface area contributed by atoms with E-state index in [1.54, 1.807) is 0 Å². The molecule has 0 aromatic carbocycles. The average Bonchev–Trinajstić information content (AvgIpc) is 2.37. The number of hydrogen-bond acceptors (Lipinski definition) is 5. The Bertz CT molecular complexity index is 391. The highest BCUT2D eigenvalue weighted by Gasteiger charge is 2.15. The van der Waals surface area contributed by atoms with Gasteiger partial charge in [0, 0.05) is 12.7 Å². The molecule has 1 fully saturated rings. The maximum absolute atomic E-state index is 11.7. The third-order valence-corrected chi connectivity index (χ3v) is 2.36. The van der Waals surface area contributed by atoms with Crippen molar-refractivity contribution in [3.05, 3.63) is 24.0 Å². The number of aromatic nitrogens is 1. The third-order valence-electron chi connectivity index (χ3n) is 2.36. The number of nitrogens with one attached hydrogen (secondary N) is 1.